The summed E-state index contributed by atoms with van der Waals surface area (Å²) < 4.78 is 1.86. The number of aliphatic hydroxyl groups excluding tert-OH is 1. The monoisotopic (exact) mass is 240 g/mol. The van der Waals surface area contributed by atoms with E-state index >= 15 is 0 Å². The van der Waals surface area contributed by atoms with Gasteiger partial charge < -0.3 is 16.2 Å². The smallest absolute Gasteiger partial charge is 0.148 e. The summed E-state index contributed by atoms with van der Waals surface area (Å²) in [5, 5.41) is 17.4. The number of nitrogens with zero attached hydrogens (tertiary/aromatic N) is 2. The molecular formula is C12H24N4O. The van der Waals surface area contributed by atoms with E-state index in [1.807, 2.05) is 39.3 Å². The fourth-order valence-electron chi connectivity index (χ4n) is 1.47. The summed E-state index contributed by atoms with van der Waals surface area (Å²) in [7, 11) is 0. The largest absolute Gasteiger partial charge is 0.394 e. The first-order valence-electron chi connectivity index (χ1n) is 5.97. The van der Waals surface area contributed by atoms with E-state index in [2.05, 4.69) is 10.4 Å². The lowest BCUT2D eigenvalue weighted by Crippen LogP contribution is -2.42. The van der Waals surface area contributed by atoms with E-state index in [1.165, 1.54) is 0 Å². The molecule has 0 aromatic carbocycles. The van der Waals surface area contributed by atoms with Crippen LogP contribution in [0.3, 0.4) is 0 Å². The second kappa shape index (κ2) is 4.56. The van der Waals surface area contributed by atoms with Crippen LogP contribution >= 0.6 is 0 Å². The summed E-state index contributed by atoms with van der Waals surface area (Å²) in [5.41, 5.74) is 7.02. The number of aliphatic hydroxyl groups is 1. The van der Waals surface area contributed by atoms with Crippen molar-refractivity contribution >= 4 is 11.5 Å². The Balaban J connectivity index is 3.13. The molecule has 0 saturated heterocycles. The molecule has 1 aromatic rings. The zero-order valence-corrected chi connectivity index (χ0v) is 11.6. The highest BCUT2D eigenvalue weighted by Gasteiger charge is 2.27. The Morgan fingerprint density at radius 2 is 1.88 bits per heavy atom. The molecule has 17 heavy (non-hydrogen) atoms. The van der Waals surface area contributed by atoms with Crippen molar-refractivity contribution in [3.8, 4) is 0 Å². The summed E-state index contributed by atoms with van der Waals surface area (Å²) in [6.45, 7) is 11.6. The van der Waals surface area contributed by atoms with Gasteiger partial charge in [0.1, 0.15) is 5.82 Å². The lowest BCUT2D eigenvalue weighted by molar-refractivity contribution is 0.132. The van der Waals surface area contributed by atoms with Crippen molar-refractivity contribution in [3.63, 3.8) is 0 Å². The van der Waals surface area contributed by atoms with Crippen molar-refractivity contribution in [2.24, 2.45) is 0 Å². The van der Waals surface area contributed by atoms with Gasteiger partial charge in [-0.05, 0) is 41.5 Å². The highest BCUT2D eigenvalue weighted by molar-refractivity contribution is 5.65. The van der Waals surface area contributed by atoms with Gasteiger partial charge in [0, 0.05) is 6.04 Å². The fraction of sp³-hybridized carbons (Fsp3) is 0.750. The molecule has 1 rings (SSSR count). The van der Waals surface area contributed by atoms with Gasteiger partial charge in [-0.3, -0.25) is 0 Å². The van der Waals surface area contributed by atoms with Crippen LogP contribution in [-0.4, -0.2) is 26.5 Å². The lowest BCUT2D eigenvalue weighted by Gasteiger charge is -2.31. The first kappa shape index (κ1) is 13.8. The molecule has 4 N–H and O–H groups in total. The van der Waals surface area contributed by atoms with Crippen LogP contribution in [0.5, 0.6) is 0 Å². The van der Waals surface area contributed by atoms with E-state index in [0.717, 1.165) is 11.5 Å². The van der Waals surface area contributed by atoms with Crippen LogP contribution in [0, 0.1) is 6.92 Å². The van der Waals surface area contributed by atoms with Gasteiger partial charge in [0.2, 0.25) is 0 Å². The minimum absolute atomic E-state index is 0.221. The van der Waals surface area contributed by atoms with Crippen LogP contribution in [0.25, 0.3) is 0 Å². The quantitative estimate of drug-likeness (QED) is 0.751. The van der Waals surface area contributed by atoms with Gasteiger partial charge in [0.15, 0.2) is 0 Å². The molecule has 5 nitrogen and oxygen atoms in total. The molecule has 0 spiro atoms. The zero-order chi connectivity index (χ0) is 13.4. The molecule has 0 fully saturated rings. The van der Waals surface area contributed by atoms with E-state index in [0.29, 0.717) is 5.69 Å². The van der Waals surface area contributed by atoms with Crippen molar-refractivity contribution in [3.05, 3.63) is 5.69 Å². The molecule has 0 aliphatic rings. The molecule has 0 aliphatic heterocycles. The number of nitrogens with one attached hydrogen (secondary N) is 1. The van der Waals surface area contributed by atoms with Gasteiger partial charge in [-0.2, -0.15) is 5.10 Å². The van der Waals surface area contributed by atoms with E-state index in [-0.39, 0.29) is 6.04 Å². The molecular weight excluding hydrogens is 216 g/mol. The van der Waals surface area contributed by atoms with Gasteiger partial charge >= 0.3 is 0 Å². The van der Waals surface area contributed by atoms with Crippen molar-refractivity contribution in [1.29, 1.82) is 0 Å². The number of nitrogen functional groups attached to an aromatic ring is 1. The first-order chi connectivity index (χ1) is 7.66. The van der Waals surface area contributed by atoms with Gasteiger partial charge in [-0.1, -0.05) is 0 Å². The predicted molar refractivity (Wildman–Crippen MR) is 71.1 cm³/mol. The van der Waals surface area contributed by atoms with Gasteiger partial charge in [-0.15, -0.1) is 0 Å². The SMILES string of the molecule is Cc1nn(C(C)C)c(NC(C)(C)C(C)O)c1N. The van der Waals surface area contributed by atoms with Crippen molar-refractivity contribution in [2.45, 2.75) is 59.2 Å². The third-order valence-corrected chi connectivity index (χ3v) is 3.11. The van der Waals surface area contributed by atoms with Crippen molar-refractivity contribution < 1.29 is 5.11 Å². The molecule has 98 valence electrons. The molecule has 0 radical (unpaired) electrons. The Morgan fingerprint density at radius 3 is 2.29 bits per heavy atom. The average molecular weight is 240 g/mol. The fourth-order valence-corrected chi connectivity index (χ4v) is 1.47. The van der Waals surface area contributed by atoms with Gasteiger partial charge in [-0.25, -0.2) is 4.68 Å². The topological polar surface area (TPSA) is 76.1 Å². The third-order valence-electron chi connectivity index (χ3n) is 3.11. The highest BCUT2D eigenvalue weighted by Crippen LogP contribution is 2.29. The van der Waals surface area contributed by atoms with E-state index in [1.54, 1.807) is 6.92 Å². The Hall–Kier alpha value is -1.23. The summed E-state index contributed by atoms with van der Waals surface area (Å²) >= 11 is 0. The number of rotatable bonds is 4. The minimum Gasteiger partial charge on any atom is -0.394 e. The number of hydrogen-bond acceptors (Lipinski definition) is 4. The van der Waals surface area contributed by atoms with E-state index < -0.39 is 11.6 Å². The molecule has 0 saturated carbocycles. The molecule has 0 amide bonds. The zero-order valence-electron chi connectivity index (χ0n) is 11.6. The maximum absolute atomic E-state index is 9.74. The molecule has 1 aromatic heterocycles. The number of hydrogen-bond donors (Lipinski definition) is 3. The summed E-state index contributed by atoms with van der Waals surface area (Å²) in [6.07, 6.45) is -0.488. The first-order valence-corrected chi connectivity index (χ1v) is 5.97. The average Bonchev–Trinajstić information content (AvgIpc) is 2.45. The Labute approximate surface area is 103 Å². The maximum atomic E-state index is 9.74. The number of nitrogens with two attached hydrogens (primary N) is 1. The molecule has 0 bridgehead atoms. The van der Waals surface area contributed by atoms with Crippen LogP contribution in [-0.2, 0) is 0 Å². The molecule has 5 heteroatoms. The van der Waals surface area contributed by atoms with Crippen LogP contribution in [0.15, 0.2) is 0 Å². The maximum Gasteiger partial charge on any atom is 0.148 e. The van der Waals surface area contributed by atoms with E-state index in [9.17, 15) is 5.11 Å². The van der Waals surface area contributed by atoms with Gasteiger partial charge in [0.25, 0.3) is 0 Å². The van der Waals surface area contributed by atoms with Crippen LogP contribution in [0.2, 0.25) is 0 Å². The molecule has 1 atom stereocenters. The Bertz CT molecular complexity index is 393. The third kappa shape index (κ3) is 2.72. The highest BCUT2D eigenvalue weighted by atomic mass is 16.3. The summed E-state index contributed by atoms with van der Waals surface area (Å²) in [4.78, 5) is 0. The standard InChI is InChI=1S/C12H24N4O/c1-7(2)16-11(10(13)8(3)15-16)14-12(5,6)9(4)17/h7,9,14,17H,13H2,1-6H3. The van der Waals surface area contributed by atoms with Crippen molar-refractivity contribution in [2.75, 3.05) is 11.1 Å². The molecule has 1 heterocycles. The summed E-state index contributed by atoms with van der Waals surface area (Å²) in [5.74, 6) is 0.781. The molecule has 1 unspecified atom stereocenters. The number of aryl methyl sites for hydroxylation is 1. The lowest BCUT2D eigenvalue weighted by atomic mass is 9.99. The second-order valence-electron chi connectivity index (χ2n) is 5.41. The number of anilines is 2. The van der Waals surface area contributed by atoms with Crippen molar-refractivity contribution in [1.82, 2.24) is 9.78 Å². The van der Waals surface area contributed by atoms with Gasteiger partial charge in [0.05, 0.1) is 23.0 Å². The predicted octanol–water partition coefficient (Wildman–Crippen LogP) is 1.93. The van der Waals surface area contributed by atoms with Crippen LogP contribution in [0.4, 0.5) is 11.5 Å². The van der Waals surface area contributed by atoms with Crippen LogP contribution < -0.4 is 11.1 Å². The normalized spacial score (nSPS) is 14.1. The second-order valence-corrected chi connectivity index (χ2v) is 5.41. The summed E-state index contributed by atoms with van der Waals surface area (Å²) in [6, 6.07) is 0.221. The van der Waals surface area contributed by atoms with Crippen LogP contribution in [0.1, 0.15) is 46.4 Å². The minimum atomic E-state index is -0.488. The Kier molecular flexibility index (Phi) is 3.71. The van der Waals surface area contributed by atoms with E-state index in [4.69, 9.17) is 5.73 Å². The Morgan fingerprint density at radius 1 is 1.35 bits per heavy atom. The number of aromatic nitrogens is 2. The molecule has 0 aliphatic carbocycles.